The van der Waals surface area contributed by atoms with Crippen molar-refractivity contribution in [2.45, 2.75) is 64.3 Å². The number of benzene rings is 1. The molecule has 1 heterocycles. The van der Waals surface area contributed by atoms with Gasteiger partial charge in [-0.15, -0.1) is 24.0 Å². The van der Waals surface area contributed by atoms with Gasteiger partial charge >= 0.3 is 6.03 Å². The van der Waals surface area contributed by atoms with E-state index in [9.17, 15) is 4.79 Å². The number of guanidine groups is 1. The molecule has 0 radical (unpaired) electrons. The van der Waals surface area contributed by atoms with Crippen LogP contribution in [0, 0.1) is 5.92 Å². The Morgan fingerprint density at radius 3 is 2.60 bits per heavy atom. The van der Waals surface area contributed by atoms with Gasteiger partial charge in [0.25, 0.3) is 0 Å². The largest absolute Gasteiger partial charge is 0.356 e. The second kappa shape index (κ2) is 13.7. The van der Waals surface area contributed by atoms with Gasteiger partial charge in [-0.2, -0.15) is 0 Å². The molecule has 0 unspecified atom stereocenters. The molecule has 0 spiro atoms. The Kier molecular flexibility index (Phi) is 11.3. The van der Waals surface area contributed by atoms with Crippen molar-refractivity contribution in [2.75, 3.05) is 32.0 Å². The number of aliphatic imine (C=N–C) groups is 1. The predicted octanol–water partition coefficient (Wildman–Crippen LogP) is 4.96. The minimum atomic E-state index is 0. The van der Waals surface area contributed by atoms with Gasteiger partial charge in [-0.25, -0.2) is 4.79 Å². The van der Waals surface area contributed by atoms with Gasteiger partial charge in [-0.05, 0) is 42.9 Å². The van der Waals surface area contributed by atoms with E-state index >= 15 is 0 Å². The van der Waals surface area contributed by atoms with E-state index in [1.165, 1.54) is 44.9 Å². The first-order chi connectivity index (χ1) is 14.2. The number of anilines is 1. The molecule has 3 N–H and O–H groups in total. The van der Waals surface area contributed by atoms with Crippen molar-refractivity contribution >= 4 is 41.7 Å². The lowest BCUT2D eigenvalue weighted by Crippen LogP contribution is -2.37. The number of urea groups is 1. The number of unbranched alkanes of at least 4 members (excludes halogenated alkanes) is 1. The van der Waals surface area contributed by atoms with Crippen LogP contribution in [0.15, 0.2) is 29.3 Å². The molecule has 1 saturated heterocycles. The second-order valence-corrected chi connectivity index (χ2v) is 8.32. The minimum absolute atomic E-state index is 0. The predicted molar refractivity (Wildman–Crippen MR) is 136 cm³/mol. The lowest BCUT2D eigenvalue weighted by atomic mass is 10.0. The number of nitrogens with one attached hydrogen (secondary N) is 3. The van der Waals surface area contributed by atoms with E-state index in [2.05, 4.69) is 27.0 Å². The van der Waals surface area contributed by atoms with Crippen molar-refractivity contribution in [1.82, 2.24) is 15.5 Å². The minimum Gasteiger partial charge on any atom is -0.356 e. The fourth-order valence-electron chi connectivity index (χ4n) is 4.35. The summed E-state index contributed by atoms with van der Waals surface area (Å²) in [5.41, 5.74) is 1.96. The van der Waals surface area contributed by atoms with Crippen LogP contribution in [0.3, 0.4) is 0 Å². The van der Waals surface area contributed by atoms with Crippen molar-refractivity contribution in [3.63, 3.8) is 0 Å². The van der Waals surface area contributed by atoms with Crippen LogP contribution < -0.4 is 16.0 Å². The first kappa shape index (κ1) is 24.8. The average Bonchev–Trinajstić information content (AvgIpc) is 3.44. The quantitative estimate of drug-likeness (QED) is 0.194. The molecule has 1 aromatic carbocycles. The highest BCUT2D eigenvalue weighted by Gasteiger charge is 2.17. The maximum atomic E-state index is 12.3. The van der Waals surface area contributed by atoms with Crippen LogP contribution in [0.5, 0.6) is 0 Å². The van der Waals surface area contributed by atoms with Gasteiger partial charge in [0, 0.05) is 38.9 Å². The number of hydrogen-bond acceptors (Lipinski definition) is 2. The number of rotatable bonds is 8. The Morgan fingerprint density at radius 2 is 1.87 bits per heavy atom. The van der Waals surface area contributed by atoms with Crippen LogP contribution in [0.4, 0.5) is 10.5 Å². The molecule has 1 saturated carbocycles. The molecule has 168 valence electrons. The Balaban J connectivity index is 0.00000320. The molecule has 0 aromatic heterocycles. The zero-order chi connectivity index (χ0) is 20.3. The molecule has 1 aliphatic carbocycles. The van der Waals surface area contributed by atoms with Crippen molar-refractivity contribution in [3.05, 3.63) is 29.8 Å². The molecule has 3 rings (SSSR count). The third-order valence-corrected chi connectivity index (χ3v) is 6.06. The van der Waals surface area contributed by atoms with Crippen molar-refractivity contribution in [3.8, 4) is 0 Å². The van der Waals surface area contributed by atoms with E-state index in [1.807, 2.05) is 23.1 Å². The smallest absolute Gasteiger partial charge is 0.321 e. The summed E-state index contributed by atoms with van der Waals surface area (Å²) in [6, 6.07) is 8.01. The zero-order valence-electron chi connectivity index (χ0n) is 18.3. The molecule has 0 bridgehead atoms. The summed E-state index contributed by atoms with van der Waals surface area (Å²) in [6.45, 7) is 3.35. The summed E-state index contributed by atoms with van der Waals surface area (Å²) in [7, 11) is 1.81. The van der Waals surface area contributed by atoms with E-state index in [-0.39, 0.29) is 30.0 Å². The van der Waals surface area contributed by atoms with E-state index in [0.29, 0.717) is 6.54 Å². The van der Waals surface area contributed by atoms with Crippen LogP contribution >= 0.6 is 24.0 Å². The topological polar surface area (TPSA) is 68.8 Å². The summed E-state index contributed by atoms with van der Waals surface area (Å²) in [4.78, 5) is 18.5. The summed E-state index contributed by atoms with van der Waals surface area (Å²) < 4.78 is 0. The Labute approximate surface area is 198 Å². The second-order valence-electron chi connectivity index (χ2n) is 8.32. The van der Waals surface area contributed by atoms with Gasteiger partial charge in [-0.1, -0.05) is 50.7 Å². The third kappa shape index (κ3) is 8.32. The average molecular weight is 527 g/mol. The van der Waals surface area contributed by atoms with Gasteiger partial charge in [0.15, 0.2) is 5.96 Å². The van der Waals surface area contributed by atoms with Crippen LogP contribution in [0.25, 0.3) is 0 Å². The van der Waals surface area contributed by atoms with Crippen LogP contribution in [0.1, 0.15) is 63.4 Å². The Hall–Kier alpha value is -1.51. The fraction of sp³-hybridized carbons (Fsp3) is 0.652. The molecule has 0 atom stereocenters. The molecule has 6 nitrogen and oxygen atoms in total. The van der Waals surface area contributed by atoms with E-state index in [4.69, 9.17) is 0 Å². The lowest BCUT2D eigenvalue weighted by molar-refractivity contribution is 0.222. The first-order valence-electron chi connectivity index (χ1n) is 11.3. The van der Waals surface area contributed by atoms with Crippen molar-refractivity contribution < 1.29 is 4.79 Å². The first-order valence-corrected chi connectivity index (χ1v) is 11.3. The maximum absolute atomic E-state index is 12.3. The van der Waals surface area contributed by atoms with Crippen LogP contribution in [-0.2, 0) is 6.54 Å². The normalized spacial score (nSPS) is 17.0. The Bertz CT molecular complexity index is 669. The fourth-order valence-corrected chi connectivity index (χ4v) is 4.35. The molecule has 1 aromatic rings. The van der Waals surface area contributed by atoms with Crippen molar-refractivity contribution in [1.29, 1.82) is 0 Å². The standard InChI is InChI=1S/C23H37N5O.HI/c1-24-22(25-14-5-4-11-19-9-2-3-10-19)26-18-20-12-8-13-21(17-20)27-23(29)28-15-6-7-16-28;/h8,12-13,17,19H,2-7,9-11,14-16,18H2,1H3,(H,27,29)(H2,24,25,26);1H. The summed E-state index contributed by atoms with van der Waals surface area (Å²) in [5.74, 6) is 1.81. The van der Waals surface area contributed by atoms with Crippen LogP contribution in [-0.4, -0.2) is 43.6 Å². The summed E-state index contributed by atoms with van der Waals surface area (Å²) in [5, 5.41) is 9.79. The number of nitrogens with zero attached hydrogens (tertiary/aromatic N) is 2. The highest BCUT2D eigenvalue weighted by Crippen LogP contribution is 2.28. The molecular weight excluding hydrogens is 489 g/mol. The van der Waals surface area contributed by atoms with Crippen molar-refractivity contribution in [2.24, 2.45) is 10.9 Å². The van der Waals surface area contributed by atoms with E-state index in [0.717, 1.165) is 55.6 Å². The molecule has 1 aliphatic heterocycles. The molecule has 7 heteroatoms. The molecule has 2 amide bonds. The van der Waals surface area contributed by atoms with Gasteiger partial charge in [0.05, 0.1) is 0 Å². The monoisotopic (exact) mass is 527 g/mol. The highest BCUT2D eigenvalue weighted by molar-refractivity contribution is 14.0. The van der Waals surface area contributed by atoms with Gasteiger partial charge in [-0.3, -0.25) is 4.99 Å². The third-order valence-electron chi connectivity index (χ3n) is 6.06. The van der Waals surface area contributed by atoms with E-state index in [1.54, 1.807) is 7.05 Å². The molecule has 2 fully saturated rings. The number of halogens is 1. The number of amides is 2. The Morgan fingerprint density at radius 1 is 1.10 bits per heavy atom. The summed E-state index contributed by atoms with van der Waals surface area (Å²) >= 11 is 0. The highest BCUT2D eigenvalue weighted by atomic mass is 127. The van der Waals surface area contributed by atoms with Gasteiger partial charge in [0.2, 0.25) is 0 Å². The molecule has 30 heavy (non-hydrogen) atoms. The van der Waals surface area contributed by atoms with Crippen LogP contribution in [0.2, 0.25) is 0 Å². The molecule has 2 aliphatic rings. The van der Waals surface area contributed by atoms with Gasteiger partial charge < -0.3 is 20.9 Å². The van der Waals surface area contributed by atoms with E-state index < -0.39 is 0 Å². The maximum Gasteiger partial charge on any atom is 0.321 e. The zero-order valence-corrected chi connectivity index (χ0v) is 20.6. The number of carbonyl (C=O) groups excluding carboxylic acids is 1. The SMILES string of the molecule is CN=C(NCCCCC1CCCC1)NCc1cccc(NC(=O)N2CCCC2)c1.I. The lowest BCUT2D eigenvalue weighted by Gasteiger charge is -2.17. The molecular formula is C23H38IN5O. The summed E-state index contributed by atoms with van der Waals surface area (Å²) in [6.07, 6.45) is 11.8. The number of hydrogen-bond donors (Lipinski definition) is 3. The van der Waals surface area contributed by atoms with Gasteiger partial charge in [0.1, 0.15) is 0 Å². The number of likely N-dealkylation sites (tertiary alicyclic amines) is 1. The number of carbonyl (C=O) groups is 1.